The lowest BCUT2D eigenvalue weighted by Gasteiger charge is -2.23. The van der Waals surface area contributed by atoms with Crippen molar-refractivity contribution >= 4 is 5.91 Å². The molecule has 0 aliphatic heterocycles. The Labute approximate surface area is 162 Å². The van der Waals surface area contributed by atoms with Crippen LogP contribution in [0.25, 0.3) is 0 Å². The summed E-state index contributed by atoms with van der Waals surface area (Å²) in [7, 11) is 0. The fourth-order valence-corrected chi connectivity index (χ4v) is 3.16. The van der Waals surface area contributed by atoms with E-state index < -0.39 is 0 Å². The molecule has 5 heteroatoms. The number of nitrogens with one attached hydrogen (secondary N) is 1. The van der Waals surface area contributed by atoms with Gasteiger partial charge in [0.1, 0.15) is 18.9 Å². The van der Waals surface area contributed by atoms with Crippen molar-refractivity contribution in [3.8, 4) is 0 Å². The van der Waals surface area contributed by atoms with Gasteiger partial charge in [0.05, 0.1) is 6.04 Å². The van der Waals surface area contributed by atoms with Crippen molar-refractivity contribution in [3.05, 3.63) is 59.3 Å². The van der Waals surface area contributed by atoms with Crippen molar-refractivity contribution in [2.24, 2.45) is 0 Å². The lowest BCUT2D eigenvalue weighted by atomic mass is 10.2. The zero-order chi connectivity index (χ0) is 19.8. The standard InChI is InChI=1S/C22H31FN2O2/c1-5-13-24(14-6-2)22(26)21-12-11-20(27-21)16-25(17(3)4)15-18-7-9-19(23)10-8-18/h7-12,17H,5-6,13-16H2,1-4H3/p+1. The van der Waals surface area contributed by atoms with Crippen molar-refractivity contribution in [2.75, 3.05) is 13.1 Å². The number of halogens is 1. The van der Waals surface area contributed by atoms with Crippen LogP contribution in [0.15, 0.2) is 40.8 Å². The molecule has 1 unspecified atom stereocenters. The van der Waals surface area contributed by atoms with Crippen LogP contribution in [0, 0.1) is 5.82 Å². The van der Waals surface area contributed by atoms with Gasteiger partial charge in [-0.05, 0) is 51.0 Å². The summed E-state index contributed by atoms with van der Waals surface area (Å²) in [5, 5.41) is 0. The molecule has 1 heterocycles. The first-order valence-electron chi connectivity index (χ1n) is 9.91. The molecule has 4 nitrogen and oxygen atoms in total. The SMILES string of the molecule is CCCN(CCC)C(=O)c1ccc(C[NH+](Cc2ccc(F)cc2)C(C)C)o1. The van der Waals surface area contributed by atoms with E-state index >= 15 is 0 Å². The van der Waals surface area contributed by atoms with Gasteiger partial charge in [-0.3, -0.25) is 4.79 Å². The summed E-state index contributed by atoms with van der Waals surface area (Å²) in [5.74, 6) is 0.964. The summed E-state index contributed by atoms with van der Waals surface area (Å²) in [6, 6.07) is 10.7. The van der Waals surface area contributed by atoms with Gasteiger partial charge in [0.25, 0.3) is 5.91 Å². The molecule has 0 aliphatic carbocycles. The topological polar surface area (TPSA) is 37.9 Å². The van der Waals surface area contributed by atoms with E-state index in [9.17, 15) is 9.18 Å². The summed E-state index contributed by atoms with van der Waals surface area (Å²) >= 11 is 0. The number of nitrogens with zero attached hydrogens (tertiary/aromatic N) is 1. The van der Waals surface area contributed by atoms with E-state index in [1.807, 2.05) is 23.1 Å². The third-order valence-electron chi connectivity index (χ3n) is 4.71. The molecule has 2 rings (SSSR count). The third-order valence-corrected chi connectivity index (χ3v) is 4.71. The van der Waals surface area contributed by atoms with Gasteiger partial charge in [0.15, 0.2) is 11.5 Å². The van der Waals surface area contributed by atoms with E-state index in [4.69, 9.17) is 4.42 Å². The molecule has 2 aromatic rings. The maximum atomic E-state index is 13.1. The molecule has 0 bridgehead atoms. The lowest BCUT2D eigenvalue weighted by molar-refractivity contribution is -0.949. The van der Waals surface area contributed by atoms with Crippen LogP contribution >= 0.6 is 0 Å². The third kappa shape index (κ3) is 6.21. The Bertz CT molecular complexity index is 703. The Morgan fingerprint density at radius 2 is 1.67 bits per heavy atom. The molecule has 27 heavy (non-hydrogen) atoms. The van der Waals surface area contributed by atoms with Gasteiger partial charge >= 0.3 is 0 Å². The molecule has 1 N–H and O–H groups in total. The molecule has 0 saturated carbocycles. The molecular weight excluding hydrogens is 343 g/mol. The number of carbonyl (C=O) groups excluding carboxylic acids is 1. The average molecular weight is 376 g/mol. The number of quaternary nitrogens is 1. The van der Waals surface area contributed by atoms with Gasteiger partial charge < -0.3 is 14.2 Å². The van der Waals surface area contributed by atoms with E-state index in [1.165, 1.54) is 17.0 Å². The van der Waals surface area contributed by atoms with Gasteiger partial charge in [-0.2, -0.15) is 0 Å². The smallest absolute Gasteiger partial charge is 0.289 e. The fraction of sp³-hybridized carbons (Fsp3) is 0.500. The number of hydrogen-bond donors (Lipinski definition) is 1. The molecule has 1 aromatic carbocycles. The number of furan rings is 1. The quantitative estimate of drug-likeness (QED) is 0.688. The maximum Gasteiger partial charge on any atom is 0.289 e. The molecule has 0 saturated heterocycles. The van der Waals surface area contributed by atoms with Crippen LogP contribution in [0.5, 0.6) is 0 Å². The number of benzene rings is 1. The predicted molar refractivity (Wildman–Crippen MR) is 105 cm³/mol. The number of amides is 1. The lowest BCUT2D eigenvalue weighted by Crippen LogP contribution is -3.12. The Kier molecular flexibility index (Phi) is 8.04. The zero-order valence-corrected chi connectivity index (χ0v) is 16.9. The Balaban J connectivity index is 2.06. The highest BCUT2D eigenvalue weighted by molar-refractivity contribution is 5.91. The van der Waals surface area contributed by atoms with E-state index in [-0.39, 0.29) is 11.7 Å². The van der Waals surface area contributed by atoms with E-state index in [2.05, 4.69) is 27.7 Å². The van der Waals surface area contributed by atoms with Crippen molar-refractivity contribution < 1.29 is 18.5 Å². The minimum absolute atomic E-state index is 0.0328. The second-order valence-electron chi connectivity index (χ2n) is 7.35. The number of hydrogen-bond acceptors (Lipinski definition) is 2. The van der Waals surface area contributed by atoms with Crippen LogP contribution in [0.4, 0.5) is 4.39 Å². The predicted octanol–water partition coefficient (Wildman–Crippen LogP) is 3.67. The van der Waals surface area contributed by atoms with Gasteiger partial charge in [-0.25, -0.2) is 4.39 Å². The molecule has 0 spiro atoms. The second-order valence-corrected chi connectivity index (χ2v) is 7.35. The van der Waals surface area contributed by atoms with Crippen LogP contribution in [0.1, 0.15) is 62.4 Å². The number of rotatable bonds is 10. The first-order valence-corrected chi connectivity index (χ1v) is 9.91. The maximum absolute atomic E-state index is 13.1. The summed E-state index contributed by atoms with van der Waals surface area (Å²) in [6.07, 6.45) is 1.87. The first-order chi connectivity index (χ1) is 12.9. The van der Waals surface area contributed by atoms with Gasteiger partial charge in [0, 0.05) is 18.7 Å². The van der Waals surface area contributed by atoms with Gasteiger partial charge in [0.2, 0.25) is 0 Å². The highest BCUT2D eigenvalue weighted by Crippen LogP contribution is 2.12. The average Bonchev–Trinajstić information content (AvgIpc) is 3.10. The summed E-state index contributed by atoms with van der Waals surface area (Å²) in [4.78, 5) is 15.8. The minimum Gasteiger partial charge on any atom is -0.450 e. The minimum atomic E-state index is -0.220. The summed E-state index contributed by atoms with van der Waals surface area (Å²) in [6.45, 7) is 11.4. The van der Waals surface area contributed by atoms with Crippen molar-refractivity contribution in [1.29, 1.82) is 0 Å². The van der Waals surface area contributed by atoms with Crippen molar-refractivity contribution in [1.82, 2.24) is 4.90 Å². The van der Waals surface area contributed by atoms with Crippen LogP contribution in [-0.4, -0.2) is 29.9 Å². The van der Waals surface area contributed by atoms with E-state index in [0.717, 1.165) is 43.8 Å². The van der Waals surface area contributed by atoms with Crippen molar-refractivity contribution in [3.63, 3.8) is 0 Å². The van der Waals surface area contributed by atoms with E-state index in [1.54, 1.807) is 6.07 Å². The fourth-order valence-electron chi connectivity index (χ4n) is 3.16. The second kappa shape index (κ2) is 10.3. The monoisotopic (exact) mass is 375 g/mol. The van der Waals surface area contributed by atoms with Crippen LogP contribution < -0.4 is 4.90 Å². The largest absolute Gasteiger partial charge is 0.450 e. The molecule has 0 aliphatic rings. The molecule has 0 fully saturated rings. The van der Waals surface area contributed by atoms with Crippen LogP contribution in [0.2, 0.25) is 0 Å². The Morgan fingerprint density at radius 1 is 1.04 bits per heavy atom. The molecule has 1 amide bonds. The van der Waals surface area contributed by atoms with Crippen molar-refractivity contribution in [2.45, 2.75) is 59.7 Å². The van der Waals surface area contributed by atoms with E-state index in [0.29, 0.717) is 18.3 Å². The highest BCUT2D eigenvalue weighted by Gasteiger charge is 2.21. The highest BCUT2D eigenvalue weighted by atomic mass is 19.1. The summed E-state index contributed by atoms with van der Waals surface area (Å²) in [5.41, 5.74) is 1.08. The Morgan fingerprint density at radius 3 is 2.22 bits per heavy atom. The molecule has 148 valence electrons. The van der Waals surface area contributed by atoms with Crippen LogP contribution in [-0.2, 0) is 13.1 Å². The first kappa shape index (κ1) is 21.2. The van der Waals surface area contributed by atoms with Crippen LogP contribution in [0.3, 0.4) is 0 Å². The zero-order valence-electron chi connectivity index (χ0n) is 16.9. The molecule has 1 aromatic heterocycles. The molecule has 0 radical (unpaired) electrons. The molecular formula is C22H32FN2O2+. The molecule has 1 atom stereocenters. The Hall–Kier alpha value is -2.14. The van der Waals surface area contributed by atoms with Gasteiger partial charge in [-0.1, -0.05) is 26.0 Å². The number of carbonyl (C=O) groups is 1. The van der Waals surface area contributed by atoms with Gasteiger partial charge in [-0.15, -0.1) is 0 Å². The normalized spacial score (nSPS) is 12.4. The summed E-state index contributed by atoms with van der Waals surface area (Å²) < 4.78 is 19.0.